The predicted molar refractivity (Wildman–Crippen MR) is 146 cm³/mol. The molecule has 3 atom stereocenters. The van der Waals surface area contributed by atoms with Gasteiger partial charge in [-0.25, -0.2) is 0 Å². The number of halogens is 1. The monoisotopic (exact) mass is 607 g/mol. The lowest BCUT2D eigenvalue weighted by molar-refractivity contribution is -0.398. The second-order valence-corrected chi connectivity index (χ2v) is 9.36. The zero-order chi connectivity index (χ0) is 28.1. The second-order valence-electron chi connectivity index (χ2n) is 9.36. The van der Waals surface area contributed by atoms with Crippen molar-refractivity contribution in [1.29, 1.82) is 0 Å². The number of hydrogen-bond donors (Lipinski definition) is 5. The van der Waals surface area contributed by atoms with Crippen LogP contribution in [0.3, 0.4) is 0 Å². The first-order valence-corrected chi connectivity index (χ1v) is 12.5. The molecule has 0 heterocycles. The van der Waals surface area contributed by atoms with Gasteiger partial charge in [-0.2, -0.15) is 0 Å². The van der Waals surface area contributed by atoms with Crippen LogP contribution in [-0.2, 0) is 20.8 Å². The number of fused-ring (bicyclic) bond motifs is 2. The van der Waals surface area contributed by atoms with Crippen molar-refractivity contribution >= 4 is 45.0 Å². The van der Waals surface area contributed by atoms with E-state index in [2.05, 4.69) is 26.6 Å². The number of amides is 3. The molecule has 0 radical (unpaired) electrons. The third kappa shape index (κ3) is 6.61. The Bertz CT molecular complexity index is 1580. The van der Waals surface area contributed by atoms with Gasteiger partial charge in [0.1, 0.15) is 23.6 Å². The Morgan fingerprint density at radius 3 is 2.05 bits per heavy atom. The highest BCUT2D eigenvalue weighted by atomic mass is 79.9. The van der Waals surface area contributed by atoms with Crippen molar-refractivity contribution < 1.29 is 47.3 Å². The van der Waals surface area contributed by atoms with E-state index < -0.39 is 35.8 Å². The zero-order valence-corrected chi connectivity index (χ0v) is 23.6. The maximum Gasteiger partial charge on any atom is 0.287 e. The number of quaternary nitrogens is 1. The summed E-state index contributed by atoms with van der Waals surface area (Å²) in [5, 5.41) is 36.5. The molecule has 208 valence electrons. The minimum Gasteiger partial charge on any atom is -1.00 e. The first-order chi connectivity index (χ1) is 18.7. The number of phenols is 2. The van der Waals surface area contributed by atoms with Gasteiger partial charge in [0.25, 0.3) is 11.8 Å². The Morgan fingerprint density at radius 1 is 0.800 bits per heavy atom. The van der Waals surface area contributed by atoms with E-state index in [0.29, 0.717) is 16.2 Å². The lowest BCUT2D eigenvalue weighted by Crippen LogP contribution is -3.00. The second kappa shape index (κ2) is 13.1. The fraction of sp³-hybridized carbons (Fsp3) is 0.207. The van der Waals surface area contributed by atoms with Crippen molar-refractivity contribution in [3.63, 3.8) is 0 Å². The van der Waals surface area contributed by atoms with Crippen molar-refractivity contribution in [2.75, 3.05) is 0 Å². The Hall–Kier alpha value is -4.35. The maximum absolute atomic E-state index is 13.2. The summed E-state index contributed by atoms with van der Waals surface area (Å²) in [5.74, 6) is -1.80. The average Bonchev–Trinajstić information content (AvgIpc) is 2.94. The third-order valence-corrected chi connectivity index (χ3v) is 6.32. The fourth-order valence-electron chi connectivity index (χ4n) is 4.19. The number of azo groups is 1. The van der Waals surface area contributed by atoms with Crippen molar-refractivity contribution in [3.05, 3.63) is 78.4 Å². The van der Waals surface area contributed by atoms with Crippen LogP contribution in [0.4, 0.5) is 5.69 Å². The number of phenolic OH excluding ortho intramolecular Hbond substituents is 2. The molecule has 0 aliphatic rings. The summed E-state index contributed by atoms with van der Waals surface area (Å²) in [5.41, 5.74) is 4.60. The summed E-state index contributed by atoms with van der Waals surface area (Å²) >= 11 is 0. The van der Waals surface area contributed by atoms with Crippen molar-refractivity contribution in [2.24, 2.45) is 10.2 Å². The smallest absolute Gasteiger partial charge is 0.287 e. The third-order valence-electron chi connectivity index (χ3n) is 6.32. The number of carbonyl (C=O) groups is 3. The Kier molecular flexibility index (Phi) is 9.92. The molecule has 0 fully saturated rings. The van der Waals surface area contributed by atoms with E-state index in [1.165, 1.54) is 6.92 Å². The zero-order valence-electron chi connectivity index (χ0n) is 22.0. The maximum atomic E-state index is 13.2. The molecule has 3 amide bonds. The summed E-state index contributed by atoms with van der Waals surface area (Å²) in [6.45, 7) is 3.12. The first kappa shape index (κ1) is 30.2. The highest BCUT2D eigenvalue weighted by molar-refractivity contribution is 6.14. The molecule has 0 unspecified atom stereocenters. The summed E-state index contributed by atoms with van der Waals surface area (Å²) in [4.78, 5) is 38.0. The van der Waals surface area contributed by atoms with Crippen molar-refractivity contribution in [2.45, 2.75) is 38.4 Å². The molecule has 0 saturated carbocycles. The molecule has 7 N–H and O–H groups in total. The van der Waals surface area contributed by atoms with Crippen molar-refractivity contribution in [3.8, 4) is 11.5 Å². The largest absolute Gasteiger partial charge is 1.00 e. The Morgan fingerprint density at radius 2 is 1.40 bits per heavy atom. The number of aromatic hydroxyl groups is 2. The Labute approximate surface area is 241 Å². The van der Waals surface area contributed by atoms with Gasteiger partial charge in [-0.15, -0.1) is 10.2 Å². The molecule has 4 rings (SSSR count). The SMILES string of the molecule is C[C@H]([NH3+])C(=O)N[C@@H](C)C(=O)N[C@@H](Cc1ccccc1)C(=O)N=Nc1cccc2c(O)c3ccccc3c(O)c12.[Br-]. The molecule has 0 aromatic heterocycles. The van der Waals surface area contributed by atoms with E-state index in [0.717, 1.165) is 5.56 Å². The number of nitrogens with zero attached hydrogens (tertiary/aromatic N) is 2. The summed E-state index contributed by atoms with van der Waals surface area (Å²) < 4.78 is 0. The van der Waals surface area contributed by atoms with Gasteiger partial charge in [0.05, 0.1) is 11.1 Å². The van der Waals surface area contributed by atoms with E-state index >= 15 is 0 Å². The average molecular weight is 608 g/mol. The van der Waals surface area contributed by atoms with Crippen LogP contribution in [0.5, 0.6) is 11.5 Å². The van der Waals surface area contributed by atoms with Gasteiger partial charge in [0.15, 0.2) is 6.04 Å². The van der Waals surface area contributed by atoms with Gasteiger partial charge in [-0.3, -0.25) is 14.4 Å². The van der Waals surface area contributed by atoms with Gasteiger partial charge in [0.2, 0.25) is 5.91 Å². The van der Waals surface area contributed by atoms with E-state index in [9.17, 15) is 24.6 Å². The molecular weight excluding hydrogens is 578 g/mol. The molecule has 10 nitrogen and oxygen atoms in total. The molecule has 0 spiro atoms. The minimum atomic E-state index is -1.07. The highest BCUT2D eigenvalue weighted by Crippen LogP contribution is 2.45. The lowest BCUT2D eigenvalue weighted by Gasteiger charge is -2.19. The van der Waals surface area contributed by atoms with Crippen LogP contribution in [0.1, 0.15) is 19.4 Å². The number of nitrogens with one attached hydrogen (secondary N) is 2. The van der Waals surface area contributed by atoms with Crippen LogP contribution in [0.25, 0.3) is 21.5 Å². The molecule has 0 aliphatic carbocycles. The molecular formula is C29H30BrN5O5. The van der Waals surface area contributed by atoms with E-state index in [1.807, 2.05) is 30.3 Å². The molecule has 0 aliphatic heterocycles. The van der Waals surface area contributed by atoms with Crippen LogP contribution in [-0.4, -0.2) is 46.1 Å². The first-order valence-electron chi connectivity index (χ1n) is 12.5. The standard InChI is InChI=1S/C29H29N5O5.BrH/c1-16(30)27(37)31-17(2)28(38)32-23(15-18-9-4-3-5-10-18)29(39)34-33-22-14-8-13-21-24(22)26(36)20-12-7-6-11-19(20)25(21)35;/h3-14,16-17,23,35-36H,15,30H2,1-2H3,(H,31,37)(H,32,38);1H/t16-,17-,23-;/m0./s1. The molecule has 4 aromatic carbocycles. The summed E-state index contributed by atoms with van der Waals surface area (Å²) in [6, 6.07) is 18.3. The summed E-state index contributed by atoms with van der Waals surface area (Å²) in [6.07, 6.45) is 0.142. The quantitative estimate of drug-likeness (QED) is 0.107. The van der Waals surface area contributed by atoms with E-state index in [1.54, 1.807) is 49.4 Å². The Balaban J connectivity index is 0.00000441. The number of carbonyl (C=O) groups excluding carboxylic acids is 3. The topological polar surface area (TPSA) is 168 Å². The van der Waals surface area contributed by atoms with Crippen LogP contribution in [0, 0.1) is 0 Å². The van der Waals surface area contributed by atoms with Gasteiger partial charge in [-0.1, -0.05) is 66.7 Å². The van der Waals surface area contributed by atoms with Gasteiger partial charge in [-0.05, 0) is 25.5 Å². The molecule has 0 bridgehead atoms. The lowest BCUT2D eigenvalue weighted by atomic mass is 9.99. The van der Waals surface area contributed by atoms with Crippen LogP contribution < -0.4 is 33.3 Å². The number of rotatable bonds is 8. The molecule has 0 saturated heterocycles. The van der Waals surface area contributed by atoms with E-state index in [-0.39, 0.29) is 46.0 Å². The summed E-state index contributed by atoms with van der Waals surface area (Å²) in [7, 11) is 0. The number of benzene rings is 4. The van der Waals surface area contributed by atoms with Crippen LogP contribution in [0.15, 0.2) is 83.0 Å². The fourth-order valence-corrected chi connectivity index (χ4v) is 4.19. The molecule has 4 aromatic rings. The van der Waals surface area contributed by atoms with Crippen LogP contribution in [0.2, 0.25) is 0 Å². The van der Waals surface area contributed by atoms with Gasteiger partial charge >= 0.3 is 0 Å². The van der Waals surface area contributed by atoms with Crippen molar-refractivity contribution in [1.82, 2.24) is 10.6 Å². The predicted octanol–water partition coefficient (Wildman–Crippen LogP) is -0.119. The minimum absolute atomic E-state index is 0. The highest BCUT2D eigenvalue weighted by Gasteiger charge is 2.26. The van der Waals surface area contributed by atoms with Gasteiger partial charge in [0, 0.05) is 22.6 Å². The molecule has 11 heteroatoms. The van der Waals surface area contributed by atoms with Crippen LogP contribution >= 0.6 is 0 Å². The van der Waals surface area contributed by atoms with Gasteiger partial charge < -0.3 is 43.6 Å². The normalized spacial score (nSPS) is 13.4. The number of hydrogen-bond acceptors (Lipinski definition) is 6. The molecule has 40 heavy (non-hydrogen) atoms. The van der Waals surface area contributed by atoms with E-state index in [4.69, 9.17) is 0 Å².